The third kappa shape index (κ3) is 1.87. The van der Waals surface area contributed by atoms with Crippen molar-refractivity contribution < 1.29 is 5.11 Å². The van der Waals surface area contributed by atoms with Crippen LogP contribution < -0.4 is 5.56 Å². The van der Waals surface area contributed by atoms with E-state index in [1.807, 2.05) is 30.3 Å². The topological polar surface area (TPSA) is 56.3 Å². The minimum atomic E-state index is 0.0166. The van der Waals surface area contributed by atoms with Gasteiger partial charge in [0.15, 0.2) is 0 Å². The van der Waals surface area contributed by atoms with Crippen molar-refractivity contribution in [2.45, 2.75) is 6.54 Å². The van der Waals surface area contributed by atoms with Gasteiger partial charge in [0, 0.05) is 37.3 Å². The minimum Gasteiger partial charge on any atom is -0.396 e. The van der Waals surface area contributed by atoms with Crippen molar-refractivity contribution in [2.75, 3.05) is 19.7 Å². The number of hydrogen-bond acceptors (Lipinski definition) is 3. The molecule has 1 unspecified atom stereocenters. The van der Waals surface area contributed by atoms with Crippen LogP contribution in [0, 0.1) is 17.8 Å². The summed E-state index contributed by atoms with van der Waals surface area (Å²) in [4.78, 5) is 17.4. The van der Waals surface area contributed by atoms with Crippen molar-refractivity contribution in [1.82, 2.24) is 9.88 Å². The second-order valence-electron chi connectivity index (χ2n) is 6.08. The Kier molecular flexibility index (Phi) is 2.69. The molecule has 2 heterocycles. The number of nitrogens with zero attached hydrogens (tertiary/aromatic N) is 1. The van der Waals surface area contributed by atoms with Gasteiger partial charge in [0.1, 0.15) is 0 Å². The van der Waals surface area contributed by atoms with E-state index in [0.717, 1.165) is 29.6 Å². The average Bonchev–Trinajstić information content (AvgIpc) is 2.93. The van der Waals surface area contributed by atoms with Gasteiger partial charge in [-0.2, -0.15) is 0 Å². The van der Waals surface area contributed by atoms with Crippen LogP contribution in [0.2, 0.25) is 0 Å². The van der Waals surface area contributed by atoms with E-state index in [1.54, 1.807) is 0 Å². The summed E-state index contributed by atoms with van der Waals surface area (Å²) in [5, 5.41) is 10.3. The zero-order valence-corrected chi connectivity index (χ0v) is 11.2. The Bertz CT molecular complexity index is 697. The molecule has 2 aliphatic rings. The lowest BCUT2D eigenvalue weighted by molar-refractivity contribution is 0.217. The molecule has 1 aromatic heterocycles. The number of aliphatic hydroxyl groups excluding tert-OH is 1. The van der Waals surface area contributed by atoms with Crippen LogP contribution in [0.25, 0.3) is 10.9 Å². The molecule has 2 aromatic rings. The Hall–Kier alpha value is -1.65. The zero-order valence-electron chi connectivity index (χ0n) is 11.2. The van der Waals surface area contributed by atoms with Gasteiger partial charge in [-0.15, -0.1) is 0 Å². The van der Waals surface area contributed by atoms with Gasteiger partial charge in [0.25, 0.3) is 5.56 Å². The van der Waals surface area contributed by atoms with Crippen LogP contribution >= 0.6 is 0 Å². The van der Waals surface area contributed by atoms with Gasteiger partial charge >= 0.3 is 0 Å². The number of rotatable bonds is 3. The van der Waals surface area contributed by atoms with Gasteiger partial charge in [-0.05, 0) is 35.3 Å². The summed E-state index contributed by atoms with van der Waals surface area (Å²) in [6, 6.07) is 9.87. The summed E-state index contributed by atoms with van der Waals surface area (Å²) in [5.41, 5.74) is 1.75. The number of H-pyrrole nitrogens is 1. The zero-order chi connectivity index (χ0) is 13.7. The van der Waals surface area contributed by atoms with Crippen molar-refractivity contribution in [2.24, 2.45) is 17.8 Å². The fourth-order valence-electron chi connectivity index (χ4n) is 3.69. The summed E-state index contributed by atoms with van der Waals surface area (Å²) in [7, 11) is 0. The lowest BCUT2D eigenvalue weighted by atomic mass is 10.1. The molecule has 1 aromatic carbocycles. The van der Waals surface area contributed by atoms with E-state index in [0.29, 0.717) is 30.9 Å². The lowest BCUT2D eigenvalue weighted by Gasteiger charge is -2.18. The highest BCUT2D eigenvalue weighted by molar-refractivity contribution is 5.78. The van der Waals surface area contributed by atoms with Crippen LogP contribution in [-0.4, -0.2) is 34.7 Å². The fourth-order valence-corrected chi connectivity index (χ4v) is 3.69. The first-order valence-electron chi connectivity index (χ1n) is 7.20. The Morgan fingerprint density at radius 2 is 2.00 bits per heavy atom. The molecule has 1 saturated carbocycles. The first-order valence-corrected chi connectivity index (χ1v) is 7.20. The number of pyridine rings is 1. The molecule has 104 valence electrons. The number of fused-ring (bicyclic) bond motifs is 2. The number of para-hydroxylation sites is 1. The monoisotopic (exact) mass is 270 g/mol. The van der Waals surface area contributed by atoms with E-state index in [-0.39, 0.29) is 5.56 Å². The molecule has 2 fully saturated rings. The van der Waals surface area contributed by atoms with Gasteiger partial charge in [-0.1, -0.05) is 18.2 Å². The summed E-state index contributed by atoms with van der Waals surface area (Å²) >= 11 is 0. The fraction of sp³-hybridized carbons (Fsp3) is 0.438. The Morgan fingerprint density at radius 1 is 1.25 bits per heavy atom. The van der Waals surface area contributed by atoms with Crippen molar-refractivity contribution in [3.63, 3.8) is 0 Å². The largest absolute Gasteiger partial charge is 0.396 e. The van der Waals surface area contributed by atoms with Crippen LogP contribution in [0.15, 0.2) is 35.1 Å². The summed E-state index contributed by atoms with van der Waals surface area (Å²) in [5.74, 6) is 1.82. The molecular weight excluding hydrogens is 252 g/mol. The maximum atomic E-state index is 12.1. The SMILES string of the molecule is O=c1[nH]c2ccccc2cc1CN1C[C@@H]2C(CO)[C@@H]2C1. The normalized spacial score (nSPS) is 28.8. The van der Waals surface area contributed by atoms with E-state index in [1.165, 1.54) is 0 Å². The third-order valence-electron chi connectivity index (χ3n) is 4.88. The molecular formula is C16H18N2O2. The predicted molar refractivity (Wildman–Crippen MR) is 77.4 cm³/mol. The molecule has 0 spiro atoms. The third-order valence-corrected chi connectivity index (χ3v) is 4.88. The first kappa shape index (κ1) is 12.1. The van der Waals surface area contributed by atoms with Gasteiger partial charge in [-0.3, -0.25) is 9.69 Å². The van der Waals surface area contributed by atoms with Gasteiger partial charge in [0.05, 0.1) is 0 Å². The molecule has 4 nitrogen and oxygen atoms in total. The molecule has 4 heteroatoms. The molecule has 0 amide bonds. The lowest BCUT2D eigenvalue weighted by Crippen LogP contribution is -2.28. The van der Waals surface area contributed by atoms with Crippen molar-refractivity contribution in [1.29, 1.82) is 0 Å². The van der Waals surface area contributed by atoms with E-state index in [2.05, 4.69) is 9.88 Å². The van der Waals surface area contributed by atoms with Crippen LogP contribution in [0.5, 0.6) is 0 Å². The molecule has 4 rings (SSSR count). The molecule has 1 aliphatic heterocycles. The number of aromatic amines is 1. The number of benzene rings is 1. The van der Waals surface area contributed by atoms with Crippen molar-refractivity contribution in [3.8, 4) is 0 Å². The molecule has 0 radical (unpaired) electrons. The molecule has 3 atom stereocenters. The molecule has 1 saturated heterocycles. The molecule has 2 N–H and O–H groups in total. The number of hydrogen-bond donors (Lipinski definition) is 2. The number of aromatic nitrogens is 1. The summed E-state index contributed by atoms with van der Waals surface area (Å²) < 4.78 is 0. The van der Waals surface area contributed by atoms with Gasteiger partial charge < -0.3 is 10.1 Å². The highest BCUT2D eigenvalue weighted by Crippen LogP contribution is 2.51. The van der Waals surface area contributed by atoms with E-state index in [4.69, 9.17) is 0 Å². The average molecular weight is 270 g/mol. The van der Waals surface area contributed by atoms with Crippen LogP contribution in [0.3, 0.4) is 0 Å². The summed E-state index contributed by atoms with van der Waals surface area (Å²) in [6.45, 7) is 3.06. The Balaban J connectivity index is 1.55. The first-order chi connectivity index (χ1) is 9.76. The number of aliphatic hydroxyl groups is 1. The maximum absolute atomic E-state index is 12.1. The van der Waals surface area contributed by atoms with Gasteiger partial charge in [0.2, 0.25) is 0 Å². The number of nitrogens with one attached hydrogen (secondary N) is 1. The Morgan fingerprint density at radius 3 is 2.75 bits per heavy atom. The molecule has 0 bridgehead atoms. The number of likely N-dealkylation sites (tertiary alicyclic amines) is 1. The quantitative estimate of drug-likeness (QED) is 0.881. The van der Waals surface area contributed by atoms with Crippen molar-refractivity contribution >= 4 is 10.9 Å². The highest BCUT2D eigenvalue weighted by atomic mass is 16.3. The predicted octanol–water partition coefficient (Wildman–Crippen LogP) is 1.20. The highest BCUT2D eigenvalue weighted by Gasteiger charge is 2.54. The summed E-state index contributed by atoms with van der Waals surface area (Å²) in [6.07, 6.45) is 0. The molecule has 20 heavy (non-hydrogen) atoms. The van der Waals surface area contributed by atoms with Crippen LogP contribution in [0.1, 0.15) is 5.56 Å². The second-order valence-corrected chi connectivity index (χ2v) is 6.08. The standard InChI is InChI=1S/C16H18N2O2/c19-9-14-12-7-18(8-13(12)14)6-11-5-10-3-1-2-4-15(10)17-16(11)20/h1-5,12-14,19H,6-9H2,(H,17,20)/t12-,13+,14?. The smallest absolute Gasteiger partial charge is 0.252 e. The Labute approximate surface area is 117 Å². The van der Waals surface area contributed by atoms with E-state index in [9.17, 15) is 9.90 Å². The van der Waals surface area contributed by atoms with Crippen LogP contribution in [0.4, 0.5) is 0 Å². The minimum absolute atomic E-state index is 0.0166. The van der Waals surface area contributed by atoms with Crippen molar-refractivity contribution in [3.05, 3.63) is 46.2 Å². The van der Waals surface area contributed by atoms with Gasteiger partial charge in [-0.25, -0.2) is 0 Å². The number of piperidine rings is 1. The maximum Gasteiger partial charge on any atom is 0.252 e. The van der Waals surface area contributed by atoms with Crippen LogP contribution in [-0.2, 0) is 6.54 Å². The van der Waals surface area contributed by atoms with E-state index >= 15 is 0 Å². The molecule has 1 aliphatic carbocycles. The van der Waals surface area contributed by atoms with E-state index < -0.39 is 0 Å². The second kappa shape index (κ2) is 4.43.